The number of rotatable bonds is 2. The fourth-order valence-electron chi connectivity index (χ4n) is 1.47. The lowest BCUT2D eigenvalue weighted by Crippen LogP contribution is -1.94. The second kappa shape index (κ2) is 3.17. The molecule has 1 heterocycles. The van der Waals surface area contributed by atoms with E-state index in [0.717, 1.165) is 17.5 Å². The van der Waals surface area contributed by atoms with E-state index in [1.54, 1.807) is 0 Å². The monoisotopic (exact) mass is 176 g/mol. The number of fused-ring (bicyclic) bond motifs is 1. The molecule has 0 amide bonds. The summed E-state index contributed by atoms with van der Waals surface area (Å²) in [6.45, 7) is 4.37. The van der Waals surface area contributed by atoms with Crippen LogP contribution in [0.25, 0.3) is 11.0 Å². The quantitative estimate of drug-likeness (QED) is 0.705. The molecule has 0 spiro atoms. The van der Waals surface area contributed by atoms with Gasteiger partial charge in [-0.15, -0.1) is 0 Å². The molecule has 2 rings (SSSR count). The fourth-order valence-corrected chi connectivity index (χ4v) is 1.47. The molecule has 13 heavy (non-hydrogen) atoms. The van der Waals surface area contributed by atoms with Gasteiger partial charge in [-0.25, -0.2) is 4.63 Å². The van der Waals surface area contributed by atoms with Gasteiger partial charge in [-0.05, 0) is 34.3 Å². The second-order valence-corrected chi connectivity index (χ2v) is 3.65. The first kappa shape index (κ1) is 8.23. The van der Waals surface area contributed by atoms with E-state index < -0.39 is 0 Å². The summed E-state index contributed by atoms with van der Waals surface area (Å²) in [4.78, 5) is 0. The molecule has 0 fully saturated rings. The van der Waals surface area contributed by atoms with E-state index in [1.165, 1.54) is 5.56 Å². The molecular weight excluding hydrogens is 164 g/mol. The minimum absolute atomic E-state index is 0.627. The molecule has 0 bridgehead atoms. The van der Waals surface area contributed by atoms with E-state index in [0.29, 0.717) is 5.92 Å². The zero-order valence-corrected chi connectivity index (χ0v) is 7.82. The van der Waals surface area contributed by atoms with Gasteiger partial charge in [-0.3, -0.25) is 0 Å². The molecule has 0 N–H and O–H groups in total. The van der Waals surface area contributed by atoms with Crippen LogP contribution in [0.3, 0.4) is 0 Å². The first-order chi connectivity index (χ1) is 6.27. The zero-order chi connectivity index (χ0) is 9.26. The molecule has 3 nitrogen and oxygen atoms in total. The highest BCUT2D eigenvalue weighted by atomic mass is 16.6. The van der Waals surface area contributed by atoms with Crippen molar-refractivity contribution >= 4 is 11.0 Å². The SMILES string of the molecule is CC(C)Cc1cccc2nonc12. The van der Waals surface area contributed by atoms with Crippen LogP contribution in [0.15, 0.2) is 22.8 Å². The Morgan fingerprint density at radius 1 is 1.31 bits per heavy atom. The highest BCUT2D eigenvalue weighted by Crippen LogP contribution is 2.17. The predicted octanol–water partition coefficient (Wildman–Crippen LogP) is 2.42. The van der Waals surface area contributed by atoms with E-state index in [-0.39, 0.29) is 0 Å². The number of benzene rings is 1. The standard InChI is InChI=1S/C10H12N2O/c1-7(2)6-8-4-3-5-9-10(8)12-13-11-9/h3-5,7H,6H2,1-2H3. The van der Waals surface area contributed by atoms with Gasteiger partial charge >= 0.3 is 0 Å². The minimum Gasteiger partial charge on any atom is -0.243 e. The molecule has 0 atom stereocenters. The maximum atomic E-state index is 4.69. The normalized spacial score (nSPS) is 11.3. The average molecular weight is 176 g/mol. The van der Waals surface area contributed by atoms with E-state index in [1.807, 2.05) is 12.1 Å². The van der Waals surface area contributed by atoms with Gasteiger partial charge in [0.1, 0.15) is 11.0 Å². The molecule has 0 saturated carbocycles. The average Bonchev–Trinajstić information content (AvgIpc) is 2.51. The van der Waals surface area contributed by atoms with Crippen molar-refractivity contribution in [2.24, 2.45) is 5.92 Å². The van der Waals surface area contributed by atoms with Gasteiger partial charge in [0, 0.05) is 0 Å². The number of nitrogens with zero attached hydrogens (tertiary/aromatic N) is 2. The summed E-state index contributed by atoms with van der Waals surface area (Å²) in [6.07, 6.45) is 1.02. The highest BCUT2D eigenvalue weighted by molar-refractivity contribution is 5.76. The molecule has 0 unspecified atom stereocenters. The van der Waals surface area contributed by atoms with Gasteiger partial charge in [0.2, 0.25) is 0 Å². The van der Waals surface area contributed by atoms with Gasteiger partial charge in [-0.1, -0.05) is 26.0 Å². The molecule has 0 aliphatic heterocycles. The molecule has 0 aliphatic rings. The molecule has 1 aromatic carbocycles. The minimum atomic E-state index is 0.627. The van der Waals surface area contributed by atoms with Crippen molar-refractivity contribution in [1.29, 1.82) is 0 Å². The number of aromatic nitrogens is 2. The molecule has 0 radical (unpaired) electrons. The van der Waals surface area contributed by atoms with Crippen LogP contribution in [0.1, 0.15) is 19.4 Å². The Kier molecular flexibility index (Phi) is 2.00. The van der Waals surface area contributed by atoms with E-state index in [4.69, 9.17) is 0 Å². The third-order valence-electron chi connectivity index (χ3n) is 2.00. The summed E-state index contributed by atoms with van der Waals surface area (Å²) in [5.41, 5.74) is 2.96. The van der Waals surface area contributed by atoms with E-state index in [9.17, 15) is 0 Å². The fraction of sp³-hybridized carbons (Fsp3) is 0.400. The first-order valence-electron chi connectivity index (χ1n) is 4.47. The summed E-state index contributed by atoms with van der Waals surface area (Å²) >= 11 is 0. The summed E-state index contributed by atoms with van der Waals surface area (Å²) in [5.74, 6) is 0.627. The molecule has 2 aromatic rings. The Labute approximate surface area is 76.7 Å². The van der Waals surface area contributed by atoms with Crippen molar-refractivity contribution in [3.8, 4) is 0 Å². The molecular formula is C10H12N2O. The molecule has 0 saturated heterocycles. The Balaban J connectivity index is 2.48. The molecule has 1 aromatic heterocycles. The Morgan fingerprint density at radius 3 is 2.92 bits per heavy atom. The lowest BCUT2D eigenvalue weighted by atomic mass is 10.0. The van der Waals surface area contributed by atoms with Gasteiger partial charge in [0.25, 0.3) is 0 Å². The largest absolute Gasteiger partial charge is 0.243 e. The van der Waals surface area contributed by atoms with Crippen molar-refractivity contribution in [2.75, 3.05) is 0 Å². The summed E-state index contributed by atoms with van der Waals surface area (Å²) in [7, 11) is 0. The van der Waals surface area contributed by atoms with Gasteiger partial charge in [-0.2, -0.15) is 0 Å². The molecule has 68 valence electrons. The van der Waals surface area contributed by atoms with Crippen LogP contribution in [-0.4, -0.2) is 10.3 Å². The lowest BCUT2D eigenvalue weighted by molar-refractivity contribution is 0.315. The van der Waals surface area contributed by atoms with Crippen molar-refractivity contribution in [3.63, 3.8) is 0 Å². The van der Waals surface area contributed by atoms with Gasteiger partial charge < -0.3 is 0 Å². The summed E-state index contributed by atoms with van der Waals surface area (Å²) < 4.78 is 4.69. The Hall–Kier alpha value is -1.38. The smallest absolute Gasteiger partial charge is 0.138 e. The van der Waals surface area contributed by atoms with Crippen LogP contribution in [0, 0.1) is 5.92 Å². The maximum absolute atomic E-state index is 4.69. The topological polar surface area (TPSA) is 38.9 Å². The van der Waals surface area contributed by atoms with Crippen LogP contribution < -0.4 is 0 Å². The first-order valence-corrected chi connectivity index (χ1v) is 4.47. The van der Waals surface area contributed by atoms with Gasteiger partial charge in [0.15, 0.2) is 0 Å². The third kappa shape index (κ3) is 1.54. The van der Waals surface area contributed by atoms with Crippen LogP contribution in [0.5, 0.6) is 0 Å². The van der Waals surface area contributed by atoms with E-state index >= 15 is 0 Å². The Bertz CT molecular complexity index is 406. The summed E-state index contributed by atoms with van der Waals surface area (Å²) in [5, 5.41) is 7.69. The highest BCUT2D eigenvalue weighted by Gasteiger charge is 2.06. The third-order valence-corrected chi connectivity index (χ3v) is 2.00. The van der Waals surface area contributed by atoms with E-state index in [2.05, 4.69) is 34.9 Å². The van der Waals surface area contributed by atoms with Crippen molar-refractivity contribution in [2.45, 2.75) is 20.3 Å². The zero-order valence-electron chi connectivity index (χ0n) is 7.82. The van der Waals surface area contributed by atoms with Crippen LogP contribution in [-0.2, 0) is 6.42 Å². The molecule has 0 aliphatic carbocycles. The van der Waals surface area contributed by atoms with Crippen LogP contribution in [0.4, 0.5) is 0 Å². The van der Waals surface area contributed by atoms with Gasteiger partial charge in [0.05, 0.1) is 0 Å². The number of hydrogen-bond donors (Lipinski definition) is 0. The summed E-state index contributed by atoms with van der Waals surface area (Å²) in [6, 6.07) is 5.98. The van der Waals surface area contributed by atoms with Crippen molar-refractivity contribution in [3.05, 3.63) is 23.8 Å². The number of hydrogen-bond acceptors (Lipinski definition) is 3. The predicted molar refractivity (Wildman–Crippen MR) is 50.3 cm³/mol. The van der Waals surface area contributed by atoms with Crippen LogP contribution >= 0.6 is 0 Å². The second-order valence-electron chi connectivity index (χ2n) is 3.65. The van der Waals surface area contributed by atoms with Crippen molar-refractivity contribution < 1.29 is 4.63 Å². The lowest BCUT2D eigenvalue weighted by Gasteiger charge is -2.03. The maximum Gasteiger partial charge on any atom is 0.138 e. The molecule has 3 heteroatoms. The van der Waals surface area contributed by atoms with Crippen LogP contribution in [0.2, 0.25) is 0 Å². The Morgan fingerprint density at radius 2 is 2.15 bits per heavy atom. The van der Waals surface area contributed by atoms with Crippen molar-refractivity contribution in [1.82, 2.24) is 10.3 Å².